The summed E-state index contributed by atoms with van der Waals surface area (Å²) in [4.78, 5) is 30.1. The molecule has 1 aromatic rings. The molecule has 5 nitrogen and oxygen atoms in total. The molecular formula is C21H26N2O3. The number of aromatic nitrogens is 1. The van der Waals surface area contributed by atoms with E-state index < -0.39 is 5.92 Å². The first-order valence-electron chi connectivity index (χ1n) is 9.04. The second-order valence-corrected chi connectivity index (χ2v) is 8.17. The molecule has 0 saturated heterocycles. The van der Waals surface area contributed by atoms with Crippen molar-refractivity contribution in [2.75, 3.05) is 0 Å². The van der Waals surface area contributed by atoms with E-state index in [2.05, 4.69) is 24.1 Å². The number of hydrogen-bond acceptors (Lipinski definition) is 5. The maximum Gasteiger partial charge on any atom is 0.337 e. The number of pyridine rings is 1. The number of nitrogens with one attached hydrogen (secondary N) is 1. The minimum absolute atomic E-state index is 0.0833. The van der Waals surface area contributed by atoms with Crippen LogP contribution in [0.3, 0.4) is 0 Å². The second-order valence-electron chi connectivity index (χ2n) is 8.17. The molecule has 1 atom stereocenters. The summed E-state index contributed by atoms with van der Waals surface area (Å²) >= 11 is 0. The summed E-state index contributed by atoms with van der Waals surface area (Å²) in [7, 11) is 0. The van der Waals surface area contributed by atoms with Crippen molar-refractivity contribution in [3.63, 3.8) is 0 Å². The molecule has 1 aromatic heterocycles. The van der Waals surface area contributed by atoms with Crippen LogP contribution in [-0.4, -0.2) is 22.8 Å². The molecule has 1 N–H and O–H groups in total. The standard InChI is InChI=1S/C21H26N2O3/c1-12(2)26-20(25)17-13(3)23-15-9-21(4,5)10-16(24)19(15)18(17)14-7-6-8-22-11-14/h6-8,11-12,18,23H,9-10H2,1-5H3. The number of ether oxygens (including phenoxy) is 1. The van der Waals surface area contributed by atoms with Gasteiger partial charge in [-0.25, -0.2) is 4.79 Å². The molecule has 0 bridgehead atoms. The van der Waals surface area contributed by atoms with Crippen molar-refractivity contribution >= 4 is 11.8 Å². The van der Waals surface area contributed by atoms with Crippen molar-refractivity contribution in [2.24, 2.45) is 5.41 Å². The van der Waals surface area contributed by atoms with Crippen molar-refractivity contribution < 1.29 is 14.3 Å². The summed E-state index contributed by atoms with van der Waals surface area (Å²) < 4.78 is 5.48. The van der Waals surface area contributed by atoms with Crippen LogP contribution in [0.25, 0.3) is 0 Å². The summed E-state index contributed by atoms with van der Waals surface area (Å²) in [6, 6.07) is 3.74. The number of nitrogens with zero attached hydrogens (tertiary/aromatic N) is 1. The van der Waals surface area contributed by atoms with E-state index in [-0.39, 0.29) is 23.3 Å². The highest BCUT2D eigenvalue weighted by Gasteiger charge is 2.43. The first-order chi connectivity index (χ1) is 12.2. The van der Waals surface area contributed by atoms with Gasteiger partial charge in [0, 0.05) is 41.7 Å². The van der Waals surface area contributed by atoms with Gasteiger partial charge in [-0.3, -0.25) is 9.78 Å². The Hall–Kier alpha value is -2.43. The van der Waals surface area contributed by atoms with Crippen LogP contribution in [0.2, 0.25) is 0 Å². The second kappa shape index (κ2) is 6.71. The molecule has 5 heteroatoms. The van der Waals surface area contributed by atoms with Crippen LogP contribution in [-0.2, 0) is 14.3 Å². The van der Waals surface area contributed by atoms with Gasteiger partial charge in [-0.1, -0.05) is 19.9 Å². The van der Waals surface area contributed by atoms with Crippen molar-refractivity contribution in [1.82, 2.24) is 10.3 Å². The van der Waals surface area contributed by atoms with E-state index in [1.54, 1.807) is 12.4 Å². The zero-order chi connectivity index (χ0) is 19.1. The predicted molar refractivity (Wildman–Crippen MR) is 99.1 cm³/mol. The smallest absolute Gasteiger partial charge is 0.337 e. The van der Waals surface area contributed by atoms with Crippen molar-refractivity contribution in [3.8, 4) is 0 Å². The van der Waals surface area contributed by atoms with E-state index in [9.17, 15) is 9.59 Å². The third kappa shape index (κ3) is 3.43. The molecule has 3 rings (SSSR count). The van der Waals surface area contributed by atoms with Gasteiger partial charge in [-0.15, -0.1) is 0 Å². The van der Waals surface area contributed by atoms with Gasteiger partial charge >= 0.3 is 5.97 Å². The molecule has 0 saturated carbocycles. The van der Waals surface area contributed by atoms with Crippen LogP contribution in [0.15, 0.2) is 47.1 Å². The van der Waals surface area contributed by atoms with Gasteiger partial charge < -0.3 is 10.1 Å². The predicted octanol–water partition coefficient (Wildman–Crippen LogP) is 3.64. The molecule has 1 aliphatic carbocycles. The zero-order valence-corrected chi connectivity index (χ0v) is 16.1. The van der Waals surface area contributed by atoms with E-state index in [1.165, 1.54) is 0 Å². The third-order valence-electron chi connectivity index (χ3n) is 4.82. The minimum Gasteiger partial charge on any atom is -0.460 e. The Kier molecular flexibility index (Phi) is 4.74. The molecule has 1 aliphatic heterocycles. The number of carbonyl (C=O) groups is 2. The van der Waals surface area contributed by atoms with Gasteiger partial charge in [-0.05, 0) is 44.2 Å². The molecule has 0 fully saturated rings. The SMILES string of the molecule is CC1=C(C(=O)OC(C)C)C(c2cccnc2)C2=C(CC(C)(C)CC2=O)N1. The van der Waals surface area contributed by atoms with Gasteiger partial charge in [0.25, 0.3) is 0 Å². The lowest BCUT2D eigenvalue weighted by molar-refractivity contribution is -0.143. The number of dihydropyridines is 1. The van der Waals surface area contributed by atoms with E-state index in [0.717, 1.165) is 23.4 Å². The van der Waals surface area contributed by atoms with Crippen LogP contribution < -0.4 is 5.32 Å². The average Bonchev–Trinajstić information content (AvgIpc) is 2.52. The van der Waals surface area contributed by atoms with Gasteiger partial charge in [0.2, 0.25) is 0 Å². The lowest BCUT2D eigenvalue weighted by Crippen LogP contribution is -2.39. The lowest BCUT2D eigenvalue weighted by Gasteiger charge is -2.39. The lowest BCUT2D eigenvalue weighted by atomic mass is 9.69. The van der Waals surface area contributed by atoms with Crippen molar-refractivity contribution in [2.45, 2.75) is 59.5 Å². The minimum atomic E-state index is -0.435. The highest BCUT2D eigenvalue weighted by molar-refractivity contribution is 6.04. The third-order valence-corrected chi connectivity index (χ3v) is 4.82. The average molecular weight is 354 g/mol. The summed E-state index contributed by atoms with van der Waals surface area (Å²) in [5, 5.41) is 3.33. The topological polar surface area (TPSA) is 68.3 Å². The van der Waals surface area contributed by atoms with Crippen LogP contribution in [0.5, 0.6) is 0 Å². The van der Waals surface area contributed by atoms with Crippen LogP contribution in [0.1, 0.15) is 58.9 Å². The fraction of sp³-hybridized carbons (Fsp3) is 0.476. The van der Waals surface area contributed by atoms with E-state index in [1.807, 2.05) is 32.9 Å². The summed E-state index contributed by atoms with van der Waals surface area (Å²) in [6.07, 6.45) is 4.43. The molecule has 0 amide bonds. The Labute approximate surface area is 154 Å². The van der Waals surface area contributed by atoms with E-state index in [0.29, 0.717) is 17.6 Å². The Morgan fingerprint density at radius 3 is 2.69 bits per heavy atom. The first kappa shape index (κ1) is 18.4. The first-order valence-corrected chi connectivity index (χ1v) is 9.04. The maximum absolute atomic E-state index is 13.0. The summed E-state index contributed by atoms with van der Waals surface area (Å²) in [5.41, 5.74) is 3.58. The number of rotatable bonds is 3. The molecule has 1 unspecified atom stereocenters. The normalized spacial score (nSPS) is 22.2. The van der Waals surface area contributed by atoms with Crippen LogP contribution in [0, 0.1) is 5.41 Å². The monoisotopic (exact) mass is 354 g/mol. The Morgan fingerprint density at radius 2 is 2.08 bits per heavy atom. The molecule has 0 radical (unpaired) electrons. The van der Waals surface area contributed by atoms with Crippen LogP contribution in [0.4, 0.5) is 0 Å². The Balaban J connectivity index is 2.14. The Bertz CT molecular complexity index is 804. The quantitative estimate of drug-likeness (QED) is 0.840. The van der Waals surface area contributed by atoms with Crippen molar-refractivity contribution in [1.29, 1.82) is 0 Å². The molecular weight excluding hydrogens is 328 g/mol. The largest absolute Gasteiger partial charge is 0.460 e. The molecule has 0 aromatic carbocycles. The molecule has 138 valence electrons. The molecule has 26 heavy (non-hydrogen) atoms. The van der Waals surface area contributed by atoms with E-state index >= 15 is 0 Å². The maximum atomic E-state index is 13.0. The van der Waals surface area contributed by atoms with Gasteiger partial charge in [0.15, 0.2) is 5.78 Å². The van der Waals surface area contributed by atoms with Gasteiger partial charge in [0.1, 0.15) is 0 Å². The number of Topliss-reactive ketones (excluding diaryl/α,β-unsaturated/α-hetero) is 1. The van der Waals surface area contributed by atoms with Gasteiger partial charge in [0.05, 0.1) is 11.7 Å². The Morgan fingerprint density at radius 1 is 1.35 bits per heavy atom. The van der Waals surface area contributed by atoms with Crippen molar-refractivity contribution in [3.05, 3.63) is 52.6 Å². The van der Waals surface area contributed by atoms with Crippen LogP contribution >= 0.6 is 0 Å². The summed E-state index contributed by atoms with van der Waals surface area (Å²) in [5.74, 6) is -0.738. The fourth-order valence-electron chi connectivity index (χ4n) is 3.86. The zero-order valence-electron chi connectivity index (χ0n) is 16.1. The highest BCUT2D eigenvalue weighted by Crippen LogP contribution is 2.46. The summed E-state index contributed by atoms with van der Waals surface area (Å²) in [6.45, 7) is 9.70. The van der Waals surface area contributed by atoms with E-state index in [4.69, 9.17) is 4.74 Å². The number of esters is 1. The molecule has 2 heterocycles. The highest BCUT2D eigenvalue weighted by atomic mass is 16.5. The van der Waals surface area contributed by atoms with Gasteiger partial charge in [-0.2, -0.15) is 0 Å². The number of allylic oxidation sites excluding steroid dienone is 3. The molecule has 0 spiro atoms. The fourth-order valence-corrected chi connectivity index (χ4v) is 3.86. The number of carbonyl (C=O) groups excluding carboxylic acids is 2. The number of hydrogen-bond donors (Lipinski definition) is 1. The number of ketones is 1. The molecule has 2 aliphatic rings.